The number of hydrogen-bond donors (Lipinski definition) is 2. The van der Waals surface area contributed by atoms with Crippen LogP contribution in [0.25, 0.3) is 0 Å². The van der Waals surface area contributed by atoms with E-state index in [1.54, 1.807) is 12.1 Å². The smallest absolute Gasteiger partial charge is 0.267 e. The Morgan fingerprint density at radius 2 is 1.63 bits per heavy atom. The zero-order valence-corrected chi connectivity index (χ0v) is 9.76. The van der Waals surface area contributed by atoms with E-state index in [1.165, 1.54) is 30.5 Å². The highest BCUT2D eigenvalue weighted by atomic mass is 19.1. The van der Waals surface area contributed by atoms with Gasteiger partial charge in [-0.25, -0.2) is 4.39 Å². The number of carbonyl (C=O) groups excluding carboxylic acids is 2. The van der Waals surface area contributed by atoms with Crippen LogP contribution >= 0.6 is 0 Å². The van der Waals surface area contributed by atoms with Gasteiger partial charge < -0.3 is 0 Å². The number of nitrogens with zero attached hydrogens (tertiary/aromatic N) is 1. The molecule has 0 saturated heterocycles. The molecule has 0 fully saturated rings. The van der Waals surface area contributed by atoms with Crippen LogP contribution in [0.2, 0.25) is 0 Å². The van der Waals surface area contributed by atoms with Crippen molar-refractivity contribution in [2.24, 2.45) is 0 Å². The average Bonchev–Trinajstić information content (AvgIpc) is 2.46. The maximum Gasteiger partial charge on any atom is 0.288 e. The lowest BCUT2D eigenvalue weighted by Gasteiger charge is -2.07. The van der Waals surface area contributed by atoms with Gasteiger partial charge in [-0.15, -0.1) is 0 Å². The van der Waals surface area contributed by atoms with Crippen molar-refractivity contribution in [3.63, 3.8) is 0 Å². The third kappa shape index (κ3) is 3.12. The number of rotatable bonds is 2. The van der Waals surface area contributed by atoms with Gasteiger partial charge in [0.2, 0.25) is 0 Å². The van der Waals surface area contributed by atoms with Crippen molar-refractivity contribution in [1.82, 2.24) is 15.8 Å². The monoisotopic (exact) mass is 259 g/mol. The maximum atomic E-state index is 13.3. The molecule has 0 spiro atoms. The second kappa shape index (κ2) is 5.72. The van der Waals surface area contributed by atoms with Gasteiger partial charge >= 0.3 is 0 Å². The number of nitrogens with one attached hydrogen (secondary N) is 2. The molecule has 2 rings (SSSR count). The number of benzene rings is 1. The molecule has 2 amide bonds. The van der Waals surface area contributed by atoms with Crippen molar-refractivity contribution in [3.8, 4) is 0 Å². The summed E-state index contributed by atoms with van der Waals surface area (Å²) in [4.78, 5) is 27.0. The van der Waals surface area contributed by atoms with Crippen LogP contribution < -0.4 is 10.9 Å². The summed E-state index contributed by atoms with van der Waals surface area (Å²) >= 11 is 0. The first-order valence-corrected chi connectivity index (χ1v) is 5.45. The van der Waals surface area contributed by atoms with Gasteiger partial charge in [0.15, 0.2) is 0 Å². The van der Waals surface area contributed by atoms with E-state index in [2.05, 4.69) is 15.8 Å². The highest BCUT2D eigenvalue weighted by Gasteiger charge is 2.12. The average molecular weight is 259 g/mol. The van der Waals surface area contributed by atoms with Crippen molar-refractivity contribution in [2.45, 2.75) is 0 Å². The lowest BCUT2D eigenvalue weighted by molar-refractivity contribution is 0.0841. The van der Waals surface area contributed by atoms with Gasteiger partial charge in [0, 0.05) is 6.20 Å². The zero-order valence-electron chi connectivity index (χ0n) is 9.76. The van der Waals surface area contributed by atoms with Crippen molar-refractivity contribution in [3.05, 3.63) is 65.7 Å². The topological polar surface area (TPSA) is 71.1 Å². The van der Waals surface area contributed by atoms with Gasteiger partial charge in [-0.05, 0) is 24.3 Å². The number of halogens is 1. The predicted molar refractivity (Wildman–Crippen MR) is 65.6 cm³/mol. The van der Waals surface area contributed by atoms with Gasteiger partial charge in [0.05, 0.1) is 5.56 Å². The Kier molecular flexibility index (Phi) is 3.82. The van der Waals surface area contributed by atoms with Gasteiger partial charge in [-0.3, -0.25) is 25.4 Å². The number of amides is 2. The van der Waals surface area contributed by atoms with Crippen LogP contribution in [0.3, 0.4) is 0 Å². The third-order valence-corrected chi connectivity index (χ3v) is 2.31. The fourth-order valence-corrected chi connectivity index (χ4v) is 1.39. The van der Waals surface area contributed by atoms with Gasteiger partial charge in [-0.1, -0.05) is 18.2 Å². The second-order valence-electron chi connectivity index (χ2n) is 3.60. The molecular formula is C13H10FN3O2. The first-order chi connectivity index (χ1) is 9.18. The van der Waals surface area contributed by atoms with Crippen LogP contribution in [0.5, 0.6) is 0 Å². The molecule has 2 N–H and O–H groups in total. The van der Waals surface area contributed by atoms with E-state index >= 15 is 0 Å². The van der Waals surface area contributed by atoms with Gasteiger partial charge in [0.25, 0.3) is 11.8 Å². The summed E-state index contributed by atoms with van der Waals surface area (Å²) in [5.74, 6) is -1.97. The zero-order chi connectivity index (χ0) is 13.7. The minimum absolute atomic E-state index is 0.149. The highest BCUT2D eigenvalue weighted by Crippen LogP contribution is 2.05. The molecule has 0 atom stereocenters. The highest BCUT2D eigenvalue weighted by molar-refractivity contribution is 5.98. The molecule has 19 heavy (non-hydrogen) atoms. The Morgan fingerprint density at radius 1 is 0.947 bits per heavy atom. The van der Waals surface area contributed by atoms with Crippen LogP contribution in [0.1, 0.15) is 20.8 Å². The number of hydrogen-bond acceptors (Lipinski definition) is 3. The van der Waals surface area contributed by atoms with Crippen LogP contribution in [0.15, 0.2) is 48.7 Å². The molecule has 2 aromatic rings. The fraction of sp³-hybridized carbons (Fsp3) is 0. The first-order valence-electron chi connectivity index (χ1n) is 5.45. The Labute approximate surface area is 108 Å². The van der Waals surface area contributed by atoms with Crippen molar-refractivity contribution >= 4 is 11.8 Å². The first kappa shape index (κ1) is 12.7. The molecule has 0 aliphatic rings. The molecule has 1 aromatic heterocycles. The van der Waals surface area contributed by atoms with E-state index in [9.17, 15) is 14.0 Å². The molecule has 0 bridgehead atoms. The van der Waals surface area contributed by atoms with Gasteiger partial charge in [-0.2, -0.15) is 0 Å². The Balaban J connectivity index is 1.98. The normalized spacial score (nSPS) is 9.74. The largest absolute Gasteiger partial charge is 0.288 e. The van der Waals surface area contributed by atoms with E-state index in [-0.39, 0.29) is 11.3 Å². The molecule has 0 unspecified atom stereocenters. The van der Waals surface area contributed by atoms with E-state index in [1.807, 2.05) is 0 Å². The molecule has 0 aliphatic carbocycles. The summed E-state index contributed by atoms with van der Waals surface area (Å²) in [6.07, 6.45) is 1.45. The number of aromatic nitrogens is 1. The third-order valence-electron chi connectivity index (χ3n) is 2.31. The molecule has 6 heteroatoms. The standard InChI is InChI=1S/C13H10FN3O2/c14-10-6-2-1-5-9(10)12(18)16-17-13(19)11-7-3-4-8-15-11/h1-8H,(H,16,18)(H,17,19). The fourth-order valence-electron chi connectivity index (χ4n) is 1.39. The summed E-state index contributed by atoms with van der Waals surface area (Å²) in [6.45, 7) is 0. The Hall–Kier alpha value is -2.76. The predicted octanol–water partition coefficient (Wildman–Crippen LogP) is 1.30. The molecular weight excluding hydrogens is 249 g/mol. The molecule has 0 aliphatic heterocycles. The second-order valence-corrected chi connectivity index (χ2v) is 3.60. The molecule has 5 nitrogen and oxygen atoms in total. The Morgan fingerprint density at radius 3 is 2.32 bits per heavy atom. The molecule has 1 aromatic carbocycles. The molecule has 0 radical (unpaired) electrons. The van der Waals surface area contributed by atoms with E-state index in [4.69, 9.17) is 0 Å². The minimum atomic E-state index is -0.734. The minimum Gasteiger partial charge on any atom is -0.267 e. The van der Waals surface area contributed by atoms with E-state index in [0.717, 1.165) is 6.07 Å². The van der Waals surface area contributed by atoms with Crippen LogP contribution in [-0.4, -0.2) is 16.8 Å². The summed E-state index contributed by atoms with van der Waals surface area (Å²) in [5, 5.41) is 0. The van der Waals surface area contributed by atoms with E-state index < -0.39 is 17.6 Å². The van der Waals surface area contributed by atoms with Crippen molar-refractivity contribution < 1.29 is 14.0 Å². The summed E-state index contributed by atoms with van der Waals surface area (Å²) in [5.41, 5.74) is 4.28. The Bertz CT molecular complexity index is 602. The maximum absolute atomic E-state index is 13.3. The van der Waals surface area contributed by atoms with Crippen LogP contribution in [0, 0.1) is 5.82 Å². The lowest BCUT2D eigenvalue weighted by atomic mass is 10.2. The molecule has 96 valence electrons. The van der Waals surface area contributed by atoms with Gasteiger partial charge in [0.1, 0.15) is 11.5 Å². The molecule has 1 heterocycles. The van der Waals surface area contributed by atoms with Crippen LogP contribution in [-0.2, 0) is 0 Å². The number of carbonyl (C=O) groups is 2. The summed E-state index contributed by atoms with van der Waals surface area (Å²) in [7, 11) is 0. The lowest BCUT2D eigenvalue weighted by Crippen LogP contribution is -2.42. The quantitative estimate of drug-likeness (QED) is 0.798. The number of pyridine rings is 1. The van der Waals surface area contributed by atoms with E-state index in [0.29, 0.717) is 0 Å². The SMILES string of the molecule is O=C(NNC(=O)c1ccccc1F)c1ccccn1. The van der Waals surface area contributed by atoms with Crippen LogP contribution in [0.4, 0.5) is 4.39 Å². The summed E-state index contributed by atoms with van der Waals surface area (Å²) in [6, 6.07) is 10.3. The van der Waals surface area contributed by atoms with Crippen molar-refractivity contribution in [1.29, 1.82) is 0 Å². The molecule has 0 saturated carbocycles. The number of hydrazine groups is 1. The van der Waals surface area contributed by atoms with Crippen molar-refractivity contribution in [2.75, 3.05) is 0 Å². The summed E-state index contributed by atoms with van der Waals surface area (Å²) < 4.78 is 13.3.